The highest BCUT2D eigenvalue weighted by atomic mass is 19.1. The number of hydrogen-bond acceptors (Lipinski definition) is 4. The maximum absolute atomic E-state index is 13.1. The topological polar surface area (TPSA) is 47.6 Å². The summed E-state index contributed by atoms with van der Waals surface area (Å²) < 4.78 is 13.1. The molecular formula is C19H29FN4O. The molecule has 1 aromatic rings. The molecular weight excluding hydrogens is 319 g/mol. The van der Waals surface area contributed by atoms with Crippen LogP contribution in [0.15, 0.2) is 24.3 Å². The largest absolute Gasteiger partial charge is 0.369 e. The van der Waals surface area contributed by atoms with Crippen molar-refractivity contribution in [1.29, 1.82) is 0 Å². The molecule has 1 amide bonds. The molecule has 2 fully saturated rings. The molecule has 0 spiro atoms. The smallest absolute Gasteiger partial charge is 0.226 e. The third kappa shape index (κ3) is 4.30. The van der Waals surface area contributed by atoms with E-state index in [1.807, 2.05) is 12.1 Å². The van der Waals surface area contributed by atoms with Crippen molar-refractivity contribution in [2.75, 3.05) is 31.1 Å². The van der Waals surface area contributed by atoms with Crippen LogP contribution in [0, 0.1) is 11.7 Å². The highest BCUT2D eigenvalue weighted by Crippen LogP contribution is 2.21. The highest BCUT2D eigenvalue weighted by Gasteiger charge is 2.36. The number of benzene rings is 1. The number of carbonyl (C=O) groups excluding carboxylic acids is 1. The molecule has 138 valence electrons. The lowest BCUT2D eigenvalue weighted by Gasteiger charge is -2.45. The first-order valence-electron chi connectivity index (χ1n) is 9.39. The summed E-state index contributed by atoms with van der Waals surface area (Å²) in [6.45, 7) is 7.73. The van der Waals surface area contributed by atoms with Crippen LogP contribution in [0.4, 0.5) is 10.1 Å². The molecule has 0 saturated carbocycles. The van der Waals surface area contributed by atoms with Gasteiger partial charge in [-0.25, -0.2) is 4.39 Å². The lowest BCUT2D eigenvalue weighted by atomic mass is 9.92. The van der Waals surface area contributed by atoms with E-state index in [2.05, 4.69) is 34.3 Å². The van der Waals surface area contributed by atoms with Gasteiger partial charge in [0.1, 0.15) is 12.1 Å². The van der Waals surface area contributed by atoms with Crippen molar-refractivity contribution in [2.45, 2.75) is 45.4 Å². The first-order chi connectivity index (χ1) is 12.1. The fourth-order valence-corrected chi connectivity index (χ4v) is 3.77. The summed E-state index contributed by atoms with van der Waals surface area (Å²) in [6.07, 6.45) is 3.06. The summed E-state index contributed by atoms with van der Waals surface area (Å²) in [6, 6.07) is 6.85. The van der Waals surface area contributed by atoms with Crippen LogP contribution >= 0.6 is 0 Å². The number of hydrogen-bond donors (Lipinski definition) is 2. The number of anilines is 1. The van der Waals surface area contributed by atoms with E-state index in [9.17, 15) is 9.18 Å². The lowest BCUT2D eigenvalue weighted by Crippen LogP contribution is -2.68. The molecule has 0 aliphatic carbocycles. The molecule has 2 heterocycles. The molecule has 6 heteroatoms. The molecule has 5 nitrogen and oxygen atoms in total. The quantitative estimate of drug-likeness (QED) is 0.856. The lowest BCUT2D eigenvalue weighted by molar-refractivity contribution is -0.132. The Morgan fingerprint density at radius 3 is 2.44 bits per heavy atom. The number of rotatable bonds is 5. The summed E-state index contributed by atoms with van der Waals surface area (Å²) in [7, 11) is 0. The Kier molecular flexibility index (Phi) is 5.91. The molecule has 2 N–H and O–H groups in total. The monoisotopic (exact) mass is 348 g/mol. The van der Waals surface area contributed by atoms with Crippen LogP contribution in [0.3, 0.4) is 0 Å². The standard InChI is InChI=1S/C19H29FN4O/c1-3-4-5-17-14(2)21-19(22-18(17)25)24-12-10-23(11-13-24)16-8-6-15(20)7-9-16/h6-9,14,17,19,21H,3-5,10-13H2,1-2H3,(H,22,25). The number of halogens is 1. The Labute approximate surface area is 149 Å². The summed E-state index contributed by atoms with van der Waals surface area (Å²) in [4.78, 5) is 17.0. The van der Waals surface area contributed by atoms with E-state index in [0.29, 0.717) is 0 Å². The Morgan fingerprint density at radius 2 is 1.84 bits per heavy atom. The van der Waals surface area contributed by atoms with Crippen LogP contribution < -0.4 is 15.5 Å². The normalized spacial score (nSPS) is 28.0. The number of nitrogens with one attached hydrogen (secondary N) is 2. The van der Waals surface area contributed by atoms with Crippen molar-refractivity contribution in [3.63, 3.8) is 0 Å². The summed E-state index contributed by atoms with van der Waals surface area (Å²) >= 11 is 0. The van der Waals surface area contributed by atoms with Gasteiger partial charge in [0.05, 0.1) is 5.92 Å². The zero-order valence-electron chi connectivity index (χ0n) is 15.2. The van der Waals surface area contributed by atoms with Crippen LogP contribution in [0.25, 0.3) is 0 Å². The van der Waals surface area contributed by atoms with Crippen LogP contribution in [0.2, 0.25) is 0 Å². The highest BCUT2D eigenvalue weighted by molar-refractivity contribution is 5.80. The van der Waals surface area contributed by atoms with Crippen LogP contribution in [0.1, 0.15) is 33.1 Å². The van der Waals surface area contributed by atoms with Gasteiger partial charge in [0.2, 0.25) is 5.91 Å². The van der Waals surface area contributed by atoms with E-state index in [-0.39, 0.29) is 30.0 Å². The van der Waals surface area contributed by atoms with E-state index < -0.39 is 0 Å². The van der Waals surface area contributed by atoms with Gasteiger partial charge in [-0.05, 0) is 37.6 Å². The third-order valence-corrected chi connectivity index (χ3v) is 5.38. The molecule has 0 bridgehead atoms. The maximum atomic E-state index is 13.1. The van der Waals surface area contributed by atoms with Crippen molar-refractivity contribution in [3.05, 3.63) is 30.1 Å². The zero-order valence-corrected chi connectivity index (χ0v) is 15.2. The SMILES string of the molecule is CCCCC1C(=O)NC(N2CCN(c3ccc(F)cc3)CC2)NC1C. The minimum atomic E-state index is -0.205. The fraction of sp³-hybridized carbons (Fsp3) is 0.632. The second-order valence-electron chi connectivity index (χ2n) is 7.11. The minimum absolute atomic E-state index is 0.0664. The minimum Gasteiger partial charge on any atom is -0.369 e. The molecule has 3 rings (SSSR count). The number of amides is 1. The van der Waals surface area contributed by atoms with Gasteiger partial charge in [-0.15, -0.1) is 0 Å². The van der Waals surface area contributed by atoms with Gasteiger partial charge < -0.3 is 10.2 Å². The Bertz CT molecular complexity index is 571. The van der Waals surface area contributed by atoms with Crippen molar-refractivity contribution in [2.24, 2.45) is 5.92 Å². The molecule has 3 atom stereocenters. The third-order valence-electron chi connectivity index (χ3n) is 5.38. The molecule has 2 saturated heterocycles. The van der Waals surface area contributed by atoms with Crippen LogP contribution in [-0.4, -0.2) is 49.3 Å². The second-order valence-corrected chi connectivity index (χ2v) is 7.11. The first kappa shape index (κ1) is 18.1. The fourth-order valence-electron chi connectivity index (χ4n) is 3.77. The van der Waals surface area contributed by atoms with Crippen molar-refractivity contribution in [1.82, 2.24) is 15.5 Å². The average molecular weight is 348 g/mol. The Morgan fingerprint density at radius 1 is 1.16 bits per heavy atom. The van der Waals surface area contributed by atoms with Gasteiger partial charge in [-0.3, -0.25) is 15.0 Å². The summed E-state index contributed by atoms with van der Waals surface area (Å²) in [5.74, 6) is 0.0329. The van der Waals surface area contributed by atoms with Crippen LogP contribution in [0.5, 0.6) is 0 Å². The van der Waals surface area contributed by atoms with Gasteiger partial charge in [0.25, 0.3) is 0 Å². The van der Waals surface area contributed by atoms with Gasteiger partial charge >= 0.3 is 0 Å². The Balaban J connectivity index is 1.53. The van der Waals surface area contributed by atoms with Gasteiger partial charge in [-0.2, -0.15) is 0 Å². The van der Waals surface area contributed by atoms with E-state index in [0.717, 1.165) is 51.1 Å². The number of unbranched alkanes of at least 4 members (excludes halogenated alkanes) is 1. The molecule has 1 aromatic carbocycles. The molecule has 2 aliphatic rings. The van der Waals surface area contributed by atoms with Crippen molar-refractivity contribution < 1.29 is 9.18 Å². The van der Waals surface area contributed by atoms with Crippen molar-refractivity contribution >= 4 is 11.6 Å². The molecule has 3 unspecified atom stereocenters. The van der Waals surface area contributed by atoms with Crippen molar-refractivity contribution in [3.8, 4) is 0 Å². The van der Waals surface area contributed by atoms with Crippen LogP contribution in [-0.2, 0) is 4.79 Å². The Hall–Kier alpha value is -1.66. The predicted molar refractivity (Wildman–Crippen MR) is 97.7 cm³/mol. The summed E-state index contributed by atoms with van der Waals surface area (Å²) in [5.41, 5.74) is 1.05. The van der Waals surface area contributed by atoms with E-state index in [1.165, 1.54) is 12.1 Å². The van der Waals surface area contributed by atoms with E-state index in [1.54, 1.807) is 0 Å². The van der Waals surface area contributed by atoms with Gasteiger partial charge in [0.15, 0.2) is 0 Å². The van der Waals surface area contributed by atoms with Gasteiger partial charge in [-0.1, -0.05) is 19.8 Å². The molecule has 25 heavy (non-hydrogen) atoms. The molecule has 2 aliphatic heterocycles. The van der Waals surface area contributed by atoms with Gasteiger partial charge in [0, 0.05) is 37.9 Å². The summed E-state index contributed by atoms with van der Waals surface area (Å²) in [5, 5.41) is 6.71. The maximum Gasteiger partial charge on any atom is 0.226 e. The zero-order chi connectivity index (χ0) is 17.8. The van der Waals surface area contributed by atoms with E-state index >= 15 is 0 Å². The number of piperazine rings is 1. The predicted octanol–water partition coefficient (Wildman–Crippen LogP) is 2.15. The van der Waals surface area contributed by atoms with E-state index in [4.69, 9.17) is 0 Å². The molecule has 0 aromatic heterocycles. The number of nitrogens with zero attached hydrogens (tertiary/aromatic N) is 2. The number of carbonyl (C=O) groups is 1. The average Bonchev–Trinajstić information content (AvgIpc) is 2.62. The molecule has 0 radical (unpaired) electrons. The first-order valence-corrected chi connectivity index (χ1v) is 9.39. The second kappa shape index (κ2) is 8.15.